The van der Waals surface area contributed by atoms with Gasteiger partial charge in [-0.2, -0.15) is 0 Å². The molecule has 2 aliphatic heterocycles. The summed E-state index contributed by atoms with van der Waals surface area (Å²) in [5.74, 6) is 0.347. The standard InChI is InChI=1S/C47H82N2O6/c1-6-9-18-25-42(4)30-38-52-45(50)28-21-14-12-16-23-32-47(54-41-44(55-47)40-49-36-34-48(5)35-37-49)33-24-17-13-15-22-29-46(51)53-39-31-43(26-19-10-7-2)27-20-11-8-3/h26,42-44H,2,6,8-9,11-18,20-25,27-41H2,1,3-5H3. The van der Waals surface area contributed by atoms with Crippen molar-refractivity contribution in [3.63, 3.8) is 0 Å². The van der Waals surface area contributed by atoms with Gasteiger partial charge in [-0.3, -0.25) is 14.5 Å². The molecule has 0 spiro atoms. The van der Waals surface area contributed by atoms with Crippen LogP contribution in [0.15, 0.2) is 29.8 Å². The minimum absolute atomic E-state index is 0.0416. The summed E-state index contributed by atoms with van der Waals surface area (Å²) >= 11 is 0. The third kappa shape index (κ3) is 25.0. The number of hydrogen-bond acceptors (Lipinski definition) is 8. The van der Waals surface area contributed by atoms with Crippen LogP contribution in [0, 0.1) is 11.8 Å². The van der Waals surface area contributed by atoms with Crippen LogP contribution in [0.1, 0.15) is 175 Å². The highest BCUT2D eigenvalue weighted by Gasteiger charge is 2.41. The lowest BCUT2D eigenvalue weighted by Crippen LogP contribution is -2.47. The van der Waals surface area contributed by atoms with E-state index in [0.29, 0.717) is 44.5 Å². The number of piperazine rings is 1. The summed E-state index contributed by atoms with van der Waals surface area (Å²) in [6.45, 7) is 17.3. The van der Waals surface area contributed by atoms with Crippen molar-refractivity contribution in [2.45, 2.75) is 187 Å². The zero-order valence-corrected chi connectivity index (χ0v) is 36.0. The van der Waals surface area contributed by atoms with Gasteiger partial charge in [0.2, 0.25) is 0 Å². The van der Waals surface area contributed by atoms with E-state index < -0.39 is 5.79 Å². The highest BCUT2D eigenvalue weighted by atomic mass is 16.7. The van der Waals surface area contributed by atoms with Crippen molar-refractivity contribution in [2.24, 2.45) is 11.8 Å². The Morgan fingerprint density at radius 3 is 1.93 bits per heavy atom. The fourth-order valence-corrected chi connectivity index (χ4v) is 7.71. The molecule has 2 aliphatic rings. The first-order chi connectivity index (χ1) is 26.8. The summed E-state index contributed by atoms with van der Waals surface area (Å²) in [4.78, 5) is 29.6. The lowest BCUT2D eigenvalue weighted by molar-refractivity contribution is -0.181. The van der Waals surface area contributed by atoms with Gasteiger partial charge in [-0.25, -0.2) is 0 Å². The van der Waals surface area contributed by atoms with Crippen molar-refractivity contribution in [3.8, 4) is 0 Å². The van der Waals surface area contributed by atoms with Crippen LogP contribution in [0.3, 0.4) is 0 Å². The van der Waals surface area contributed by atoms with Gasteiger partial charge in [0.25, 0.3) is 0 Å². The first-order valence-electron chi connectivity index (χ1n) is 22.7. The molecule has 0 aromatic heterocycles. The Kier molecular flexibility index (Phi) is 28.4. The topological polar surface area (TPSA) is 77.5 Å². The van der Waals surface area contributed by atoms with Gasteiger partial charge in [-0.15, -0.1) is 0 Å². The smallest absolute Gasteiger partial charge is 0.305 e. The Morgan fingerprint density at radius 2 is 1.33 bits per heavy atom. The zero-order valence-electron chi connectivity index (χ0n) is 36.0. The highest BCUT2D eigenvalue weighted by Crippen LogP contribution is 2.35. The number of esters is 2. The lowest BCUT2D eigenvalue weighted by atomic mass is 9.98. The average Bonchev–Trinajstić information content (AvgIpc) is 3.57. The van der Waals surface area contributed by atoms with Crippen molar-refractivity contribution >= 4 is 11.9 Å². The Balaban J connectivity index is 1.66. The molecule has 2 heterocycles. The second kappa shape index (κ2) is 31.9. The molecule has 0 N–H and O–H groups in total. The molecule has 0 radical (unpaired) electrons. The number of likely N-dealkylation sites (N-methyl/N-ethyl adjacent to an activating group) is 1. The molecule has 316 valence electrons. The maximum absolute atomic E-state index is 12.4. The molecule has 0 bridgehead atoms. The first-order valence-corrected chi connectivity index (χ1v) is 22.7. The van der Waals surface area contributed by atoms with Crippen molar-refractivity contribution in [1.29, 1.82) is 0 Å². The molecule has 8 nitrogen and oxygen atoms in total. The number of carbonyl (C=O) groups excluding carboxylic acids is 2. The summed E-state index contributed by atoms with van der Waals surface area (Å²) in [5, 5.41) is 0. The first kappa shape index (κ1) is 49.0. The quantitative estimate of drug-likeness (QED) is 0.0371. The minimum atomic E-state index is -0.486. The third-order valence-corrected chi connectivity index (χ3v) is 11.4. The maximum Gasteiger partial charge on any atom is 0.305 e. The van der Waals surface area contributed by atoms with Gasteiger partial charge in [0, 0.05) is 58.4 Å². The van der Waals surface area contributed by atoms with Gasteiger partial charge >= 0.3 is 11.9 Å². The van der Waals surface area contributed by atoms with Gasteiger partial charge in [-0.05, 0) is 82.2 Å². The number of allylic oxidation sites excluding steroid dienone is 1. The van der Waals surface area contributed by atoms with E-state index in [4.69, 9.17) is 18.9 Å². The predicted octanol–water partition coefficient (Wildman–Crippen LogP) is 10.7. The van der Waals surface area contributed by atoms with Crippen LogP contribution in [-0.4, -0.2) is 93.2 Å². The number of hydrogen-bond donors (Lipinski definition) is 0. The van der Waals surface area contributed by atoms with Crippen LogP contribution in [-0.2, 0) is 28.5 Å². The van der Waals surface area contributed by atoms with E-state index in [1.807, 2.05) is 6.08 Å². The van der Waals surface area contributed by atoms with E-state index in [0.717, 1.165) is 129 Å². The Labute approximate surface area is 337 Å². The van der Waals surface area contributed by atoms with Crippen molar-refractivity contribution < 1.29 is 28.5 Å². The van der Waals surface area contributed by atoms with E-state index in [1.165, 1.54) is 44.9 Å². The van der Waals surface area contributed by atoms with Crippen LogP contribution in [0.2, 0.25) is 0 Å². The second-order valence-corrected chi connectivity index (χ2v) is 16.6. The number of nitrogens with zero attached hydrogens (tertiary/aromatic N) is 2. The maximum atomic E-state index is 12.4. The predicted molar refractivity (Wildman–Crippen MR) is 225 cm³/mol. The number of carbonyl (C=O) groups is 2. The minimum Gasteiger partial charge on any atom is -0.466 e. The summed E-state index contributed by atoms with van der Waals surface area (Å²) in [5.41, 5.74) is 8.40. The van der Waals surface area contributed by atoms with Crippen LogP contribution in [0.4, 0.5) is 0 Å². The monoisotopic (exact) mass is 771 g/mol. The zero-order chi connectivity index (χ0) is 39.8. The molecule has 0 aliphatic carbocycles. The van der Waals surface area contributed by atoms with E-state index in [1.54, 1.807) is 0 Å². The van der Waals surface area contributed by atoms with Crippen molar-refractivity contribution in [2.75, 3.05) is 59.6 Å². The van der Waals surface area contributed by atoms with Gasteiger partial charge < -0.3 is 23.8 Å². The molecule has 0 saturated carbocycles. The Morgan fingerprint density at radius 1 is 0.764 bits per heavy atom. The molecule has 0 amide bonds. The van der Waals surface area contributed by atoms with Gasteiger partial charge in [0.1, 0.15) is 0 Å². The Bertz CT molecular complexity index is 1120. The molecule has 8 heteroatoms. The largest absolute Gasteiger partial charge is 0.466 e. The van der Waals surface area contributed by atoms with E-state index in [9.17, 15) is 9.59 Å². The number of ether oxygens (including phenoxy) is 4. The van der Waals surface area contributed by atoms with Crippen LogP contribution in [0.5, 0.6) is 0 Å². The van der Waals surface area contributed by atoms with E-state index >= 15 is 0 Å². The number of rotatable bonds is 33. The summed E-state index contributed by atoms with van der Waals surface area (Å²) in [6, 6.07) is 0. The SMILES string of the molecule is C=C=C=C=CC(CCCCC)CCOC(=O)CCCCCCCC1(CCCCCCCC(=O)OCCC(C)CCCCC)OCC(CN2CCN(C)CC2)O1. The van der Waals surface area contributed by atoms with Gasteiger partial charge in [-0.1, -0.05) is 116 Å². The highest BCUT2D eigenvalue weighted by molar-refractivity contribution is 5.69. The molecule has 4 atom stereocenters. The summed E-state index contributed by atoms with van der Waals surface area (Å²) in [6.07, 6.45) is 26.9. The molecule has 2 fully saturated rings. The molecular weight excluding hydrogens is 689 g/mol. The fourth-order valence-electron chi connectivity index (χ4n) is 7.71. The lowest BCUT2D eigenvalue weighted by Gasteiger charge is -2.34. The summed E-state index contributed by atoms with van der Waals surface area (Å²) in [7, 11) is 2.19. The third-order valence-electron chi connectivity index (χ3n) is 11.4. The molecule has 4 unspecified atom stereocenters. The van der Waals surface area contributed by atoms with Gasteiger partial charge in [0.15, 0.2) is 5.79 Å². The molecular formula is C47H82N2O6. The van der Waals surface area contributed by atoms with E-state index in [-0.39, 0.29) is 18.0 Å². The van der Waals surface area contributed by atoms with Crippen LogP contribution < -0.4 is 0 Å². The normalized spacial score (nSPS) is 20.0. The van der Waals surface area contributed by atoms with Crippen molar-refractivity contribution in [1.82, 2.24) is 9.80 Å². The number of unbranched alkanes of at least 4 members (excludes halogenated alkanes) is 12. The molecule has 2 rings (SSSR count). The molecule has 55 heavy (non-hydrogen) atoms. The molecule has 0 aromatic rings. The van der Waals surface area contributed by atoms with Crippen LogP contribution >= 0.6 is 0 Å². The summed E-state index contributed by atoms with van der Waals surface area (Å²) < 4.78 is 24.4. The molecule has 2 saturated heterocycles. The second-order valence-electron chi connectivity index (χ2n) is 16.6. The molecule has 0 aromatic carbocycles. The average molecular weight is 771 g/mol. The van der Waals surface area contributed by atoms with Crippen LogP contribution in [0.25, 0.3) is 0 Å². The Hall–Kier alpha value is -2.14. The van der Waals surface area contributed by atoms with E-state index in [2.05, 4.69) is 61.4 Å². The fraction of sp³-hybridized carbons (Fsp3) is 0.851. The van der Waals surface area contributed by atoms with Crippen molar-refractivity contribution in [3.05, 3.63) is 29.8 Å². The van der Waals surface area contributed by atoms with Gasteiger partial charge in [0.05, 0.1) is 25.9 Å².